The minimum atomic E-state index is 0.189. The van der Waals surface area contributed by atoms with Crippen molar-refractivity contribution in [2.75, 3.05) is 13.1 Å². The zero-order valence-corrected chi connectivity index (χ0v) is 23.6. The first-order valence-electron chi connectivity index (χ1n) is 12.5. The van der Waals surface area contributed by atoms with Crippen LogP contribution in [0.4, 0.5) is 0 Å². The Bertz CT molecular complexity index is 1140. The molecule has 0 unspecified atom stereocenters. The average molecular weight is 624 g/mol. The molecule has 1 aliphatic heterocycles. The molecule has 1 N–H and O–H groups in total. The molecule has 35 heavy (non-hydrogen) atoms. The number of rotatable bonds is 3. The third-order valence-corrected chi connectivity index (χ3v) is 9.38. The fraction of sp³-hybridized carbons (Fsp3) is 0.519. The zero-order chi connectivity index (χ0) is 24.5. The van der Waals surface area contributed by atoms with E-state index in [1.54, 1.807) is 0 Å². The Morgan fingerprint density at radius 1 is 1.06 bits per heavy atom. The molecule has 3 aliphatic rings. The van der Waals surface area contributed by atoms with E-state index >= 15 is 0 Å². The maximum Gasteiger partial charge on any atom is 0.222 e. The number of aromatic nitrogens is 1. The lowest BCUT2D eigenvalue weighted by Gasteiger charge is -2.37. The maximum absolute atomic E-state index is 13.1. The Morgan fingerprint density at radius 2 is 1.77 bits per heavy atom. The number of hydrogen-bond donors (Lipinski definition) is 1. The van der Waals surface area contributed by atoms with E-state index in [9.17, 15) is 4.79 Å². The number of hydrogen-bond acceptors (Lipinski definition) is 4. The standard InChI is InChI=1S/C27H30Br2ClN3O2/c28-20-12-19-4-3-18-13-21(30)14-23(29)25(18)26(27(19)31-15-20)17-7-9-33(10-8-17)24(34)11-16-1-5-22(32-35)6-2-16/h12-17,26,35H,1-11H2/t16?,26-/m1/s1. The highest BCUT2D eigenvalue weighted by Gasteiger charge is 2.36. The molecule has 1 amide bonds. The number of pyridine rings is 1. The fourth-order valence-electron chi connectivity index (χ4n) is 6.20. The van der Waals surface area contributed by atoms with Gasteiger partial charge in [0, 0.05) is 45.6 Å². The molecule has 1 saturated heterocycles. The lowest BCUT2D eigenvalue weighted by molar-refractivity contribution is -0.133. The molecule has 0 radical (unpaired) electrons. The van der Waals surface area contributed by atoms with Crippen molar-refractivity contribution in [3.05, 3.63) is 60.7 Å². The van der Waals surface area contributed by atoms with E-state index < -0.39 is 0 Å². The fourth-order valence-corrected chi connectivity index (χ4v) is 7.70. The number of carbonyl (C=O) groups excluding carboxylic acids is 1. The smallest absolute Gasteiger partial charge is 0.222 e. The summed E-state index contributed by atoms with van der Waals surface area (Å²) in [6.45, 7) is 1.59. The topological polar surface area (TPSA) is 65.8 Å². The lowest BCUT2D eigenvalue weighted by Crippen LogP contribution is -2.41. The second-order valence-electron chi connectivity index (χ2n) is 10.2. The summed E-state index contributed by atoms with van der Waals surface area (Å²) in [6.07, 6.45) is 9.83. The maximum atomic E-state index is 13.1. The van der Waals surface area contributed by atoms with Crippen LogP contribution in [-0.4, -0.2) is 39.8 Å². The molecule has 5 rings (SSSR count). The summed E-state index contributed by atoms with van der Waals surface area (Å²) in [7, 11) is 0. The highest BCUT2D eigenvalue weighted by atomic mass is 79.9. The molecule has 2 aromatic rings. The molecule has 2 aliphatic carbocycles. The van der Waals surface area contributed by atoms with Crippen LogP contribution in [0.3, 0.4) is 0 Å². The van der Waals surface area contributed by atoms with Gasteiger partial charge in [0.15, 0.2) is 0 Å². The first-order valence-corrected chi connectivity index (χ1v) is 14.5. The van der Waals surface area contributed by atoms with Crippen LogP contribution < -0.4 is 0 Å². The van der Waals surface area contributed by atoms with Crippen LogP contribution in [0.2, 0.25) is 5.02 Å². The zero-order valence-electron chi connectivity index (χ0n) is 19.7. The number of benzene rings is 1. The van der Waals surface area contributed by atoms with E-state index in [-0.39, 0.29) is 11.8 Å². The van der Waals surface area contributed by atoms with Crippen LogP contribution in [0.25, 0.3) is 0 Å². The number of aryl methyl sites for hydroxylation is 2. The van der Waals surface area contributed by atoms with Crippen LogP contribution in [-0.2, 0) is 17.6 Å². The minimum Gasteiger partial charge on any atom is -0.411 e. The van der Waals surface area contributed by atoms with Crippen molar-refractivity contribution >= 4 is 55.1 Å². The summed E-state index contributed by atoms with van der Waals surface area (Å²) >= 11 is 13.9. The molecule has 1 atom stereocenters. The van der Waals surface area contributed by atoms with Gasteiger partial charge in [-0.3, -0.25) is 9.78 Å². The average Bonchev–Trinajstić information content (AvgIpc) is 3.01. The van der Waals surface area contributed by atoms with E-state index in [1.807, 2.05) is 12.3 Å². The molecule has 1 aromatic carbocycles. The Kier molecular flexibility index (Phi) is 7.85. The van der Waals surface area contributed by atoms with Crippen LogP contribution in [0.1, 0.15) is 73.2 Å². The predicted octanol–water partition coefficient (Wildman–Crippen LogP) is 7.14. The summed E-state index contributed by atoms with van der Waals surface area (Å²) in [5.41, 5.74) is 5.95. The number of likely N-dealkylation sites (tertiary alicyclic amines) is 1. The highest BCUT2D eigenvalue weighted by molar-refractivity contribution is 9.10. The SMILES string of the molecule is O=C(CC1CCC(=NO)CC1)N1CCC([C@H]2c3ncc(Br)cc3CCc3cc(Cl)cc(Br)c32)CC1. The molecule has 2 fully saturated rings. The lowest BCUT2D eigenvalue weighted by atomic mass is 9.76. The van der Waals surface area contributed by atoms with Gasteiger partial charge >= 0.3 is 0 Å². The van der Waals surface area contributed by atoms with Crippen molar-refractivity contribution in [2.45, 2.75) is 63.7 Å². The van der Waals surface area contributed by atoms with Gasteiger partial charge in [0.2, 0.25) is 5.91 Å². The van der Waals surface area contributed by atoms with E-state index in [2.05, 4.69) is 54.0 Å². The van der Waals surface area contributed by atoms with E-state index in [4.69, 9.17) is 21.8 Å². The van der Waals surface area contributed by atoms with Gasteiger partial charge in [-0.15, -0.1) is 0 Å². The van der Waals surface area contributed by atoms with Gasteiger partial charge in [-0.05, 0) is 114 Å². The molecule has 1 aromatic heterocycles. The van der Waals surface area contributed by atoms with Gasteiger partial charge in [-0.1, -0.05) is 32.7 Å². The number of halogens is 3. The largest absolute Gasteiger partial charge is 0.411 e. The Balaban J connectivity index is 1.33. The van der Waals surface area contributed by atoms with Crippen molar-refractivity contribution < 1.29 is 10.0 Å². The predicted molar refractivity (Wildman–Crippen MR) is 145 cm³/mol. The van der Waals surface area contributed by atoms with Crippen molar-refractivity contribution in [1.29, 1.82) is 0 Å². The summed E-state index contributed by atoms with van der Waals surface area (Å²) in [5.74, 6) is 1.28. The van der Waals surface area contributed by atoms with Crippen molar-refractivity contribution in [1.82, 2.24) is 9.88 Å². The molecule has 0 bridgehead atoms. The molecule has 1 saturated carbocycles. The summed E-state index contributed by atoms with van der Waals surface area (Å²) in [5, 5.41) is 13.1. The van der Waals surface area contributed by atoms with Gasteiger partial charge < -0.3 is 10.1 Å². The second kappa shape index (κ2) is 10.9. The number of carbonyl (C=O) groups is 1. The monoisotopic (exact) mass is 621 g/mol. The molecule has 0 spiro atoms. The first kappa shape index (κ1) is 25.2. The third kappa shape index (κ3) is 5.47. The number of piperidine rings is 1. The number of nitrogens with zero attached hydrogens (tertiary/aromatic N) is 3. The van der Waals surface area contributed by atoms with E-state index in [0.717, 1.165) is 84.1 Å². The third-order valence-electron chi connectivity index (χ3n) is 8.07. The van der Waals surface area contributed by atoms with E-state index in [0.29, 0.717) is 18.3 Å². The molecular weight excluding hydrogens is 594 g/mol. The number of oxime groups is 1. The molecule has 2 heterocycles. The first-order chi connectivity index (χ1) is 16.9. The Labute approximate surface area is 228 Å². The molecule has 186 valence electrons. The number of amides is 1. The van der Waals surface area contributed by atoms with Crippen molar-refractivity contribution in [3.8, 4) is 0 Å². The quantitative estimate of drug-likeness (QED) is 0.292. The van der Waals surface area contributed by atoms with E-state index in [1.165, 1.54) is 22.4 Å². The summed E-state index contributed by atoms with van der Waals surface area (Å²) in [4.78, 5) is 20.1. The Morgan fingerprint density at radius 3 is 2.49 bits per heavy atom. The number of fused-ring (bicyclic) bond motifs is 2. The Hall–Kier alpha value is -1.44. The normalized spacial score (nSPS) is 22.8. The van der Waals surface area contributed by atoms with Gasteiger partial charge in [0.25, 0.3) is 0 Å². The second-order valence-corrected chi connectivity index (χ2v) is 12.4. The molecule has 8 heteroatoms. The molecular formula is C27H30Br2ClN3O2. The van der Waals surface area contributed by atoms with Crippen LogP contribution >= 0.6 is 43.5 Å². The highest BCUT2D eigenvalue weighted by Crippen LogP contribution is 2.46. The van der Waals surface area contributed by atoms with Crippen LogP contribution in [0.5, 0.6) is 0 Å². The van der Waals surface area contributed by atoms with Gasteiger partial charge in [0.1, 0.15) is 0 Å². The van der Waals surface area contributed by atoms with Gasteiger partial charge in [-0.2, -0.15) is 0 Å². The van der Waals surface area contributed by atoms with Gasteiger partial charge in [0.05, 0.1) is 11.4 Å². The van der Waals surface area contributed by atoms with Crippen LogP contribution in [0.15, 0.2) is 38.5 Å². The summed E-state index contributed by atoms with van der Waals surface area (Å²) in [6, 6.07) is 6.34. The van der Waals surface area contributed by atoms with Gasteiger partial charge in [-0.25, -0.2) is 0 Å². The van der Waals surface area contributed by atoms with Crippen molar-refractivity contribution in [3.63, 3.8) is 0 Å². The molecule has 5 nitrogen and oxygen atoms in total. The minimum absolute atomic E-state index is 0.189. The van der Waals surface area contributed by atoms with Crippen molar-refractivity contribution in [2.24, 2.45) is 17.0 Å². The summed E-state index contributed by atoms with van der Waals surface area (Å²) < 4.78 is 2.07. The van der Waals surface area contributed by atoms with Crippen LogP contribution in [0, 0.1) is 11.8 Å².